The fourth-order valence-corrected chi connectivity index (χ4v) is 1.99. The van der Waals surface area contributed by atoms with E-state index in [1.54, 1.807) is 0 Å². The second-order valence-corrected chi connectivity index (χ2v) is 4.89. The maximum Gasteiger partial charge on any atom is 0.255 e. The molecule has 2 aromatic rings. The average Bonchev–Trinajstić information content (AvgIpc) is 2.32. The van der Waals surface area contributed by atoms with Crippen LogP contribution in [0.3, 0.4) is 0 Å². The van der Waals surface area contributed by atoms with Crippen LogP contribution < -0.4 is 11.1 Å². The average molecular weight is 345 g/mol. The van der Waals surface area contributed by atoms with Gasteiger partial charge in [0, 0.05) is 15.7 Å². The van der Waals surface area contributed by atoms with E-state index < -0.39 is 29.0 Å². The van der Waals surface area contributed by atoms with Crippen molar-refractivity contribution < 1.29 is 18.0 Å². The van der Waals surface area contributed by atoms with E-state index in [0.29, 0.717) is 0 Å². The van der Waals surface area contributed by atoms with Crippen LogP contribution in [0, 0.1) is 17.5 Å². The van der Waals surface area contributed by atoms with Gasteiger partial charge in [0.25, 0.3) is 5.91 Å². The number of nitrogen functional groups attached to an aromatic ring is 1. The standard InChI is InChI=1S/C13H8BrF3N2O/c14-7-3-10(16)12(11(17)4-7)19-13(20)6-1-8(15)5-9(18)2-6/h1-5H,18H2,(H,19,20). The highest BCUT2D eigenvalue weighted by molar-refractivity contribution is 9.10. The Morgan fingerprint density at radius 2 is 1.65 bits per heavy atom. The molecule has 0 aliphatic carbocycles. The molecule has 0 radical (unpaired) electrons. The van der Waals surface area contributed by atoms with Gasteiger partial charge in [-0.15, -0.1) is 0 Å². The first-order valence-electron chi connectivity index (χ1n) is 5.39. The molecule has 0 saturated carbocycles. The van der Waals surface area contributed by atoms with Crippen molar-refractivity contribution in [2.75, 3.05) is 11.1 Å². The van der Waals surface area contributed by atoms with E-state index in [0.717, 1.165) is 24.3 Å². The van der Waals surface area contributed by atoms with Crippen molar-refractivity contribution in [1.29, 1.82) is 0 Å². The van der Waals surface area contributed by atoms with Crippen LogP contribution in [-0.4, -0.2) is 5.91 Å². The molecule has 0 aromatic heterocycles. The number of halogens is 4. The third-order valence-corrected chi connectivity index (χ3v) is 2.89. The number of amides is 1. The summed E-state index contributed by atoms with van der Waals surface area (Å²) in [7, 11) is 0. The first-order chi connectivity index (χ1) is 9.36. The maximum atomic E-state index is 13.6. The maximum absolute atomic E-state index is 13.6. The summed E-state index contributed by atoms with van der Waals surface area (Å²) in [6.07, 6.45) is 0. The van der Waals surface area contributed by atoms with Crippen LogP contribution in [0.5, 0.6) is 0 Å². The van der Waals surface area contributed by atoms with E-state index >= 15 is 0 Å². The largest absolute Gasteiger partial charge is 0.399 e. The minimum Gasteiger partial charge on any atom is -0.399 e. The van der Waals surface area contributed by atoms with Crippen LogP contribution in [0.1, 0.15) is 10.4 Å². The van der Waals surface area contributed by atoms with Gasteiger partial charge >= 0.3 is 0 Å². The zero-order valence-corrected chi connectivity index (χ0v) is 11.5. The van der Waals surface area contributed by atoms with Crippen molar-refractivity contribution in [3.63, 3.8) is 0 Å². The van der Waals surface area contributed by atoms with Gasteiger partial charge in [-0.25, -0.2) is 13.2 Å². The number of nitrogens with two attached hydrogens (primary N) is 1. The first kappa shape index (κ1) is 14.4. The second kappa shape index (κ2) is 5.54. The molecule has 0 unspecified atom stereocenters. The number of rotatable bonds is 2. The molecule has 3 N–H and O–H groups in total. The van der Waals surface area contributed by atoms with E-state index in [1.165, 1.54) is 6.07 Å². The minimum absolute atomic E-state index is 0.0342. The van der Waals surface area contributed by atoms with Crippen molar-refractivity contribution in [3.8, 4) is 0 Å². The van der Waals surface area contributed by atoms with Crippen LogP contribution >= 0.6 is 15.9 Å². The van der Waals surface area contributed by atoms with Gasteiger partial charge in [-0.05, 0) is 30.3 Å². The third kappa shape index (κ3) is 3.11. The summed E-state index contributed by atoms with van der Waals surface area (Å²) in [6, 6.07) is 5.14. The summed E-state index contributed by atoms with van der Waals surface area (Å²) >= 11 is 2.92. The van der Waals surface area contributed by atoms with Crippen LogP contribution in [0.2, 0.25) is 0 Å². The molecular formula is C13H8BrF3N2O. The Morgan fingerprint density at radius 3 is 2.20 bits per heavy atom. The molecule has 0 aliphatic heterocycles. The van der Waals surface area contributed by atoms with Crippen LogP contribution in [-0.2, 0) is 0 Å². The number of carbonyl (C=O) groups excluding carboxylic acids is 1. The number of hydrogen-bond donors (Lipinski definition) is 2. The summed E-state index contributed by atoms with van der Waals surface area (Å²) < 4.78 is 40.4. The molecule has 104 valence electrons. The smallest absolute Gasteiger partial charge is 0.255 e. The van der Waals surface area contributed by atoms with Gasteiger partial charge in [-0.2, -0.15) is 0 Å². The SMILES string of the molecule is Nc1cc(F)cc(C(=O)Nc2c(F)cc(Br)cc2F)c1. The molecule has 0 aliphatic rings. The number of anilines is 2. The lowest BCUT2D eigenvalue weighted by Crippen LogP contribution is -2.15. The Balaban J connectivity index is 2.32. The van der Waals surface area contributed by atoms with E-state index in [2.05, 4.69) is 15.9 Å². The topological polar surface area (TPSA) is 55.1 Å². The number of carbonyl (C=O) groups is 1. The van der Waals surface area contributed by atoms with Gasteiger partial charge in [0.15, 0.2) is 11.6 Å². The Kier molecular flexibility index (Phi) is 3.99. The van der Waals surface area contributed by atoms with E-state index in [-0.39, 0.29) is 15.7 Å². The van der Waals surface area contributed by atoms with Gasteiger partial charge in [0.05, 0.1) is 0 Å². The van der Waals surface area contributed by atoms with E-state index in [4.69, 9.17) is 5.73 Å². The predicted molar refractivity (Wildman–Crippen MR) is 72.8 cm³/mol. The minimum atomic E-state index is -0.949. The third-order valence-electron chi connectivity index (χ3n) is 2.43. The Hall–Kier alpha value is -2.02. The summed E-state index contributed by atoms with van der Waals surface area (Å²) in [6.45, 7) is 0. The summed E-state index contributed by atoms with van der Waals surface area (Å²) in [5, 5.41) is 2.04. The normalized spacial score (nSPS) is 10.4. The molecule has 0 spiro atoms. The van der Waals surface area contributed by atoms with Crippen molar-refractivity contribution in [3.05, 3.63) is 57.8 Å². The van der Waals surface area contributed by atoms with Crippen LogP contribution in [0.25, 0.3) is 0 Å². The van der Waals surface area contributed by atoms with Crippen LogP contribution in [0.15, 0.2) is 34.8 Å². The summed E-state index contributed by atoms with van der Waals surface area (Å²) in [4.78, 5) is 11.8. The zero-order valence-electron chi connectivity index (χ0n) is 9.88. The zero-order chi connectivity index (χ0) is 14.9. The molecule has 0 fully saturated rings. The lowest BCUT2D eigenvalue weighted by molar-refractivity contribution is 0.102. The second-order valence-electron chi connectivity index (χ2n) is 3.97. The Morgan fingerprint density at radius 1 is 1.05 bits per heavy atom. The van der Waals surface area contributed by atoms with Gasteiger partial charge in [0.1, 0.15) is 11.5 Å². The number of benzene rings is 2. The molecule has 0 saturated heterocycles. The van der Waals surface area contributed by atoms with E-state index in [9.17, 15) is 18.0 Å². The Bertz CT molecular complexity index is 648. The molecule has 0 bridgehead atoms. The lowest BCUT2D eigenvalue weighted by atomic mass is 10.1. The van der Waals surface area contributed by atoms with Gasteiger partial charge < -0.3 is 11.1 Å². The molecule has 3 nitrogen and oxygen atoms in total. The van der Waals surface area contributed by atoms with E-state index in [1.807, 2.05) is 5.32 Å². The lowest BCUT2D eigenvalue weighted by Gasteiger charge is -2.09. The highest BCUT2D eigenvalue weighted by Gasteiger charge is 2.15. The molecule has 2 rings (SSSR count). The Labute approximate surface area is 120 Å². The van der Waals surface area contributed by atoms with Crippen molar-refractivity contribution in [2.24, 2.45) is 0 Å². The monoisotopic (exact) mass is 344 g/mol. The first-order valence-corrected chi connectivity index (χ1v) is 6.18. The molecule has 20 heavy (non-hydrogen) atoms. The molecule has 0 atom stereocenters. The summed E-state index contributed by atoms with van der Waals surface area (Å²) in [5.41, 5.74) is 4.68. The van der Waals surface area contributed by atoms with Crippen molar-refractivity contribution >= 4 is 33.2 Å². The number of hydrogen-bond acceptors (Lipinski definition) is 2. The molecule has 2 aromatic carbocycles. The van der Waals surface area contributed by atoms with Crippen molar-refractivity contribution in [1.82, 2.24) is 0 Å². The molecular weight excluding hydrogens is 337 g/mol. The van der Waals surface area contributed by atoms with Gasteiger partial charge in [-0.3, -0.25) is 4.79 Å². The molecule has 1 amide bonds. The fraction of sp³-hybridized carbons (Fsp3) is 0. The van der Waals surface area contributed by atoms with Crippen LogP contribution in [0.4, 0.5) is 24.5 Å². The van der Waals surface area contributed by atoms with Gasteiger partial charge in [0.2, 0.25) is 0 Å². The molecule has 0 heterocycles. The molecule has 7 heteroatoms. The quantitative estimate of drug-likeness (QED) is 0.816. The fourth-order valence-electron chi connectivity index (χ4n) is 1.59. The van der Waals surface area contributed by atoms with Gasteiger partial charge in [-0.1, -0.05) is 15.9 Å². The summed E-state index contributed by atoms with van der Waals surface area (Å²) in [5.74, 6) is -3.48. The highest BCUT2D eigenvalue weighted by Crippen LogP contribution is 2.24. The predicted octanol–water partition coefficient (Wildman–Crippen LogP) is 3.70. The number of nitrogens with one attached hydrogen (secondary N) is 1. The van der Waals surface area contributed by atoms with Crippen molar-refractivity contribution in [2.45, 2.75) is 0 Å². The highest BCUT2D eigenvalue weighted by atomic mass is 79.9.